The van der Waals surface area contributed by atoms with Crippen molar-refractivity contribution in [2.24, 2.45) is 0 Å². The number of methoxy groups -OCH3 is 1. The summed E-state index contributed by atoms with van der Waals surface area (Å²) in [4.78, 5) is 6.10. The van der Waals surface area contributed by atoms with E-state index in [9.17, 15) is 0 Å². The minimum absolute atomic E-state index is 0.433. The van der Waals surface area contributed by atoms with Crippen molar-refractivity contribution in [3.8, 4) is 6.07 Å². The van der Waals surface area contributed by atoms with Gasteiger partial charge in [-0.2, -0.15) is 5.26 Å². The van der Waals surface area contributed by atoms with Crippen LogP contribution in [0.25, 0.3) is 0 Å². The van der Waals surface area contributed by atoms with Gasteiger partial charge in [-0.05, 0) is 19.2 Å². The number of nitriles is 1. The first kappa shape index (κ1) is 13.4. The van der Waals surface area contributed by atoms with Gasteiger partial charge in [-0.15, -0.1) is 0 Å². The second-order valence-electron chi connectivity index (χ2n) is 3.76. The van der Waals surface area contributed by atoms with Gasteiger partial charge in [-0.1, -0.05) is 0 Å². The maximum absolute atomic E-state index is 8.71. The van der Waals surface area contributed by atoms with E-state index in [0.717, 1.165) is 31.9 Å². The van der Waals surface area contributed by atoms with E-state index in [-0.39, 0.29) is 0 Å². The molecule has 0 spiro atoms. The maximum atomic E-state index is 8.71. The number of pyridine rings is 1. The number of likely N-dealkylation sites (N-methyl/N-ethyl adjacent to an activating group) is 1. The first-order valence-electron chi connectivity index (χ1n) is 5.53. The highest BCUT2D eigenvalue weighted by Gasteiger charge is 1.98. The smallest absolute Gasteiger partial charge is 0.142 e. The van der Waals surface area contributed by atoms with Crippen LogP contribution in [0.1, 0.15) is 5.69 Å². The predicted molar refractivity (Wildman–Crippen MR) is 66.8 cm³/mol. The monoisotopic (exact) mass is 234 g/mol. The lowest BCUT2D eigenvalue weighted by Gasteiger charge is -2.16. The standard InChI is InChI=1S/C12H18N4O/c1-16(7-8-17-2)6-5-15-11-3-4-14-12(9-11)10-13/h3-4,9H,5-8H2,1-2H3,(H,14,15). The number of rotatable bonds is 7. The molecule has 5 heteroatoms. The summed E-state index contributed by atoms with van der Waals surface area (Å²) in [5.41, 5.74) is 1.36. The lowest BCUT2D eigenvalue weighted by Crippen LogP contribution is -2.28. The Morgan fingerprint density at radius 1 is 1.53 bits per heavy atom. The van der Waals surface area contributed by atoms with E-state index in [1.165, 1.54) is 0 Å². The molecule has 0 atom stereocenters. The molecule has 0 aromatic carbocycles. The molecule has 92 valence electrons. The summed E-state index contributed by atoms with van der Waals surface area (Å²) >= 11 is 0. The summed E-state index contributed by atoms with van der Waals surface area (Å²) in [5, 5.41) is 12.0. The van der Waals surface area contributed by atoms with Crippen molar-refractivity contribution in [3.05, 3.63) is 24.0 Å². The molecule has 0 bridgehead atoms. The Hall–Kier alpha value is -1.64. The SMILES string of the molecule is COCCN(C)CCNc1ccnc(C#N)c1. The molecule has 1 N–H and O–H groups in total. The molecule has 0 radical (unpaired) electrons. The van der Waals surface area contributed by atoms with Crippen LogP contribution in [0.15, 0.2) is 18.3 Å². The molecule has 1 aromatic heterocycles. The van der Waals surface area contributed by atoms with Crippen LogP contribution in [0.2, 0.25) is 0 Å². The fourth-order valence-corrected chi connectivity index (χ4v) is 1.35. The highest BCUT2D eigenvalue weighted by atomic mass is 16.5. The zero-order chi connectivity index (χ0) is 12.5. The lowest BCUT2D eigenvalue weighted by molar-refractivity contribution is 0.163. The molecule has 0 unspecified atom stereocenters. The Bertz CT molecular complexity index is 375. The Morgan fingerprint density at radius 3 is 3.06 bits per heavy atom. The van der Waals surface area contributed by atoms with Crippen molar-refractivity contribution in [3.63, 3.8) is 0 Å². The number of aromatic nitrogens is 1. The van der Waals surface area contributed by atoms with Gasteiger partial charge >= 0.3 is 0 Å². The Kier molecular flexibility index (Phi) is 6.00. The van der Waals surface area contributed by atoms with Crippen molar-refractivity contribution in [1.29, 1.82) is 5.26 Å². The van der Waals surface area contributed by atoms with E-state index in [2.05, 4.69) is 15.2 Å². The van der Waals surface area contributed by atoms with Gasteiger partial charge in [-0.3, -0.25) is 0 Å². The van der Waals surface area contributed by atoms with Crippen molar-refractivity contribution in [2.75, 3.05) is 45.7 Å². The largest absolute Gasteiger partial charge is 0.384 e. The number of anilines is 1. The summed E-state index contributed by atoms with van der Waals surface area (Å²) in [5.74, 6) is 0. The normalized spacial score (nSPS) is 10.2. The zero-order valence-electron chi connectivity index (χ0n) is 10.3. The van der Waals surface area contributed by atoms with Crippen molar-refractivity contribution >= 4 is 5.69 Å². The van der Waals surface area contributed by atoms with E-state index in [0.29, 0.717) is 5.69 Å². The van der Waals surface area contributed by atoms with Crippen LogP contribution in [-0.4, -0.2) is 50.3 Å². The highest BCUT2D eigenvalue weighted by Crippen LogP contribution is 2.06. The van der Waals surface area contributed by atoms with Crippen molar-refractivity contribution < 1.29 is 4.74 Å². The Labute approximate surface area is 102 Å². The molecule has 1 rings (SSSR count). The average Bonchev–Trinajstić information content (AvgIpc) is 2.36. The van der Waals surface area contributed by atoms with Crippen molar-refractivity contribution in [2.45, 2.75) is 0 Å². The van der Waals surface area contributed by atoms with Crippen LogP contribution >= 0.6 is 0 Å². The van der Waals surface area contributed by atoms with Crippen LogP contribution in [-0.2, 0) is 4.74 Å². The van der Waals surface area contributed by atoms with Gasteiger partial charge in [0.25, 0.3) is 0 Å². The topological polar surface area (TPSA) is 61.2 Å². The fraction of sp³-hybridized carbons (Fsp3) is 0.500. The molecular weight excluding hydrogens is 216 g/mol. The third-order valence-corrected chi connectivity index (χ3v) is 2.37. The number of hydrogen-bond acceptors (Lipinski definition) is 5. The molecule has 5 nitrogen and oxygen atoms in total. The van der Waals surface area contributed by atoms with E-state index < -0.39 is 0 Å². The third-order valence-electron chi connectivity index (χ3n) is 2.37. The van der Waals surface area contributed by atoms with Crippen LogP contribution in [0, 0.1) is 11.3 Å². The van der Waals surface area contributed by atoms with E-state index in [1.807, 2.05) is 19.2 Å². The van der Waals surface area contributed by atoms with Crippen LogP contribution in [0.3, 0.4) is 0 Å². The zero-order valence-corrected chi connectivity index (χ0v) is 10.3. The number of hydrogen-bond donors (Lipinski definition) is 1. The molecule has 0 saturated heterocycles. The van der Waals surface area contributed by atoms with E-state index in [1.54, 1.807) is 19.4 Å². The van der Waals surface area contributed by atoms with Gasteiger partial charge in [0, 0.05) is 38.6 Å². The van der Waals surface area contributed by atoms with Gasteiger partial charge in [0.2, 0.25) is 0 Å². The molecule has 0 fully saturated rings. The lowest BCUT2D eigenvalue weighted by atomic mass is 10.3. The quantitative estimate of drug-likeness (QED) is 0.761. The third kappa shape index (κ3) is 5.29. The molecule has 17 heavy (non-hydrogen) atoms. The van der Waals surface area contributed by atoms with Crippen LogP contribution in [0.5, 0.6) is 0 Å². The second kappa shape index (κ2) is 7.60. The predicted octanol–water partition coefficient (Wildman–Crippen LogP) is 0.943. The van der Waals surface area contributed by atoms with Crippen molar-refractivity contribution in [1.82, 2.24) is 9.88 Å². The van der Waals surface area contributed by atoms with Crippen LogP contribution < -0.4 is 5.32 Å². The molecule has 0 aliphatic rings. The molecule has 0 amide bonds. The van der Waals surface area contributed by atoms with Gasteiger partial charge in [0.1, 0.15) is 11.8 Å². The molecule has 1 heterocycles. The van der Waals surface area contributed by atoms with Gasteiger partial charge in [0.15, 0.2) is 0 Å². The van der Waals surface area contributed by atoms with E-state index >= 15 is 0 Å². The summed E-state index contributed by atoms with van der Waals surface area (Å²) in [6, 6.07) is 5.62. The van der Waals surface area contributed by atoms with Gasteiger partial charge in [-0.25, -0.2) is 4.98 Å². The molecule has 1 aromatic rings. The van der Waals surface area contributed by atoms with Gasteiger partial charge in [0.05, 0.1) is 6.61 Å². The Morgan fingerprint density at radius 2 is 2.35 bits per heavy atom. The second-order valence-corrected chi connectivity index (χ2v) is 3.76. The van der Waals surface area contributed by atoms with Crippen LogP contribution in [0.4, 0.5) is 5.69 Å². The Balaban J connectivity index is 2.28. The summed E-state index contributed by atoms with van der Waals surface area (Å²) in [6.07, 6.45) is 1.63. The fourth-order valence-electron chi connectivity index (χ4n) is 1.35. The number of ether oxygens (including phenoxy) is 1. The summed E-state index contributed by atoms with van der Waals surface area (Å²) in [6.45, 7) is 3.41. The summed E-state index contributed by atoms with van der Waals surface area (Å²) in [7, 11) is 3.75. The molecule has 0 saturated carbocycles. The van der Waals surface area contributed by atoms with E-state index in [4.69, 9.17) is 10.00 Å². The first-order valence-corrected chi connectivity index (χ1v) is 5.53. The maximum Gasteiger partial charge on any atom is 0.142 e. The average molecular weight is 234 g/mol. The highest BCUT2D eigenvalue weighted by molar-refractivity contribution is 5.45. The summed E-state index contributed by atoms with van der Waals surface area (Å²) < 4.78 is 5.00. The number of nitrogens with one attached hydrogen (secondary N) is 1. The van der Waals surface area contributed by atoms with Gasteiger partial charge < -0.3 is 15.0 Å². The first-order chi connectivity index (χ1) is 8.26. The number of nitrogens with zero attached hydrogens (tertiary/aromatic N) is 3. The minimum atomic E-state index is 0.433. The molecule has 0 aliphatic carbocycles. The molecule has 0 aliphatic heterocycles. The molecular formula is C12H18N4O. The minimum Gasteiger partial charge on any atom is -0.384 e.